The lowest BCUT2D eigenvalue weighted by Crippen LogP contribution is -2.20. The summed E-state index contributed by atoms with van der Waals surface area (Å²) in [5.41, 5.74) is 1.73. The van der Waals surface area contributed by atoms with Crippen molar-refractivity contribution in [3.63, 3.8) is 0 Å². The first kappa shape index (κ1) is 21.5. The van der Waals surface area contributed by atoms with Gasteiger partial charge in [0, 0.05) is 12.1 Å². The van der Waals surface area contributed by atoms with Crippen LogP contribution < -0.4 is 18.9 Å². The van der Waals surface area contributed by atoms with Crippen LogP contribution in [0.2, 0.25) is 5.02 Å². The molecule has 11 heteroatoms. The third-order valence-corrected chi connectivity index (χ3v) is 6.88. The van der Waals surface area contributed by atoms with Crippen LogP contribution in [-0.4, -0.2) is 36.3 Å². The highest BCUT2D eigenvalue weighted by Gasteiger charge is 2.26. The molecule has 8 nitrogen and oxygen atoms in total. The van der Waals surface area contributed by atoms with Gasteiger partial charge in [0.2, 0.25) is 10.0 Å². The van der Waals surface area contributed by atoms with Crippen molar-refractivity contribution in [1.29, 1.82) is 0 Å². The summed E-state index contributed by atoms with van der Waals surface area (Å²) in [5, 5.41) is 0.148. The zero-order chi connectivity index (χ0) is 21.6. The lowest BCUT2D eigenvalue weighted by Gasteiger charge is -2.21. The molecule has 2 aromatic carbocycles. The Hall–Kier alpha value is -2.17. The molecule has 1 heterocycles. The molecule has 29 heavy (non-hydrogen) atoms. The number of aryl methyl sites for hydroxylation is 2. The van der Waals surface area contributed by atoms with Crippen molar-refractivity contribution in [3.8, 4) is 11.5 Å². The van der Waals surface area contributed by atoms with Crippen molar-refractivity contribution in [2.45, 2.75) is 25.7 Å². The molecule has 0 spiro atoms. The molecule has 3 rings (SSSR count). The standard InChI is InChI=1S/C18H21ClN2O6S2/c1-10-7-11(2)18(12(3)17(10)21-28(4,22)23)29(24,25)20-14-9-16-15(8-13(14)19)26-5-6-27-16/h7-9,20-21H,5-6H2,1-4H3. The molecule has 2 aromatic rings. The topological polar surface area (TPSA) is 111 Å². The van der Waals surface area contributed by atoms with Gasteiger partial charge in [-0.1, -0.05) is 17.7 Å². The summed E-state index contributed by atoms with van der Waals surface area (Å²) in [4.78, 5) is -0.0276. The van der Waals surface area contributed by atoms with Gasteiger partial charge in [-0.3, -0.25) is 9.44 Å². The Labute approximate surface area is 175 Å². The average Bonchev–Trinajstić information content (AvgIpc) is 2.58. The van der Waals surface area contributed by atoms with E-state index in [1.54, 1.807) is 26.8 Å². The van der Waals surface area contributed by atoms with E-state index in [0.29, 0.717) is 35.8 Å². The number of sulfonamides is 2. The van der Waals surface area contributed by atoms with Crippen LogP contribution in [0.1, 0.15) is 16.7 Å². The van der Waals surface area contributed by atoms with E-state index in [-0.39, 0.29) is 26.9 Å². The summed E-state index contributed by atoms with van der Waals surface area (Å²) in [6, 6.07) is 4.56. The monoisotopic (exact) mass is 460 g/mol. The molecule has 0 aromatic heterocycles. The summed E-state index contributed by atoms with van der Waals surface area (Å²) in [6.07, 6.45) is 1.01. The lowest BCUT2D eigenvalue weighted by molar-refractivity contribution is 0.171. The summed E-state index contributed by atoms with van der Waals surface area (Å²) >= 11 is 6.22. The van der Waals surface area contributed by atoms with Gasteiger partial charge in [-0.15, -0.1) is 0 Å². The Morgan fingerprint density at radius 3 is 2.07 bits per heavy atom. The molecule has 0 unspecified atom stereocenters. The number of benzene rings is 2. The number of nitrogens with one attached hydrogen (secondary N) is 2. The zero-order valence-electron chi connectivity index (χ0n) is 16.3. The predicted molar refractivity (Wildman–Crippen MR) is 112 cm³/mol. The van der Waals surface area contributed by atoms with E-state index in [9.17, 15) is 16.8 Å². The second-order valence-electron chi connectivity index (χ2n) is 6.79. The molecule has 2 N–H and O–H groups in total. The Bertz CT molecular complexity index is 1190. The van der Waals surface area contributed by atoms with Gasteiger partial charge >= 0.3 is 0 Å². The van der Waals surface area contributed by atoms with Crippen LogP contribution in [0.4, 0.5) is 11.4 Å². The summed E-state index contributed by atoms with van der Waals surface area (Å²) in [6.45, 7) is 5.62. The van der Waals surface area contributed by atoms with E-state index in [2.05, 4.69) is 9.44 Å². The van der Waals surface area contributed by atoms with Gasteiger partial charge in [-0.25, -0.2) is 16.8 Å². The minimum Gasteiger partial charge on any atom is -0.486 e. The van der Waals surface area contributed by atoms with Crippen molar-refractivity contribution in [2.24, 2.45) is 0 Å². The van der Waals surface area contributed by atoms with E-state index >= 15 is 0 Å². The van der Waals surface area contributed by atoms with Gasteiger partial charge in [0.25, 0.3) is 10.0 Å². The van der Waals surface area contributed by atoms with Crippen LogP contribution in [0.3, 0.4) is 0 Å². The molecule has 0 atom stereocenters. The highest BCUT2D eigenvalue weighted by atomic mass is 35.5. The van der Waals surface area contributed by atoms with Crippen molar-refractivity contribution in [3.05, 3.63) is 39.9 Å². The molecule has 158 valence electrons. The van der Waals surface area contributed by atoms with Crippen molar-refractivity contribution in [2.75, 3.05) is 28.9 Å². The second kappa shape index (κ2) is 7.58. The summed E-state index contributed by atoms with van der Waals surface area (Å²) in [7, 11) is -7.67. The highest BCUT2D eigenvalue weighted by Crippen LogP contribution is 2.39. The predicted octanol–water partition coefficient (Wildman–Crippen LogP) is 3.21. The van der Waals surface area contributed by atoms with Gasteiger partial charge < -0.3 is 9.47 Å². The third kappa shape index (κ3) is 4.54. The molecule has 1 aliphatic heterocycles. The lowest BCUT2D eigenvalue weighted by atomic mass is 10.1. The molecular weight excluding hydrogens is 440 g/mol. The van der Waals surface area contributed by atoms with Crippen LogP contribution in [0.15, 0.2) is 23.1 Å². The van der Waals surface area contributed by atoms with Gasteiger partial charge in [-0.2, -0.15) is 0 Å². The normalized spacial score (nSPS) is 13.8. The maximum Gasteiger partial charge on any atom is 0.262 e. The van der Waals surface area contributed by atoms with Crippen molar-refractivity contribution < 1.29 is 26.3 Å². The first-order valence-corrected chi connectivity index (χ1v) is 12.3. The van der Waals surface area contributed by atoms with Gasteiger partial charge in [0.15, 0.2) is 11.5 Å². The van der Waals surface area contributed by atoms with E-state index < -0.39 is 20.0 Å². The number of hydrogen-bond donors (Lipinski definition) is 2. The van der Waals surface area contributed by atoms with Crippen LogP contribution >= 0.6 is 11.6 Å². The number of anilines is 2. The molecule has 0 amide bonds. The first-order chi connectivity index (χ1) is 13.4. The number of halogens is 1. The van der Waals surface area contributed by atoms with Crippen LogP contribution in [-0.2, 0) is 20.0 Å². The van der Waals surface area contributed by atoms with Crippen LogP contribution in [0.5, 0.6) is 11.5 Å². The third-order valence-electron chi connectivity index (χ3n) is 4.33. The summed E-state index contributed by atoms with van der Waals surface area (Å²) < 4.78 is 65.5. The smallest absolute Gasteiger partial charge is 0.262 e. The van der Waals surface area contributed by atoms with Crippen molar-refractivity contribution >= 4 is 43.0 Å². The molecule has 0 radical (unpaired) electrons. The summed E-state index contributed by atoms with van der Waals surface area (Å²) in [5.74, 6) is 0.821. The van der Waals surface area contributed by atoms with Crippen molar-refractivity contribution in [1.82, 2.24) is 0 Å². The van der Waals surface area contributed by atoms with Crippen LogP contribution in [0.25, 0.3) is 0 Å². The van der Waals surface area contributed by atoms with Gasteiger partial charge in [0.1, 0.15) is 13.2 Å². The molecule has 0 aliphatic carbocycles. The Morgan fingerprint density at radius 1 is 0.897 bits per heavy atom. The molecule has 0 saturated carbocycles. The molecular formula is C18H21ClN2O6S2. The maximum absolute atomic E-state index is 13.2. The fourth-order valence-corrected chi connectivity index (χ4v) is 5.75. The SMILES string of the molecule is Cc1cc(C)c(S(=O)(=O)Nc2cc3c(cc2Cl)OCCO3)c(C)c1NS(C)(=O)=O. The largest absolute Gasteiger partial charge is 0.486 e. The maximum atomic E-state index is 13.2. The molecule has 0 fully saturated rings. The number of hydrogen-bond acceptors (Lipinski definition) is 6. The number of rotatable bonds is 5. The Balaban J connectivity index is 2.08. The molecule has 0 saturated heterocycles. The van der Waals surface area contributed by atoms with Gasteiger partial charge in [-0.05, 0) is 37.5 Å². The Morgan fingerprint density at radius 2 is 1.48 bits per heavy atom. The minimum atomic E-state index is -4.08. The minimum absolute atomic E-state index is 0.0276. The van der Waals surface area contributed by atoms with E-state index in [1.165, 1.54) is 12.1 Å². The molecule has 1 aliphatic rings. The van der Waals surface area contributed by atoms with E-state index in [0.717, 1.165) is 6.26 Å². The average molecular weight is 461 g/mol. The second-order valence-corrected chi connectivity index (χ2v) is 10.6. The number of ether oxygens (including phenoxy) is 2. The van der Waals surface area contributed by atoms with Gasteiger partial charge in [0.05, 0.1) is 27.5 Å². The van der Waals surface area contributed by atoms with E-state index in [1.807, 2.05) is 0 Å². The first-order valence-electron chi connectivity index (χ1n) is 8.59. The van der Waals surface area contributed by atoms with E-state index in [4.69, 9.17) is 21.1 Å². The fourth-order valence-electron chi connectivity index (χ4n) is 3.26. The highest BCUT2D eigenvalue weighted by molar-refractivity contribution is 7.93. The quantitative estimate of drug-likeness (QED) is 0.708. The number of fused-ring (bicyclic) bond motifs is 1. The zero-order valence-corrected chi connectivity index (χ0v) is 18.7. The fraction of sp³-hybridized carbons (Fsp3) is 0.333. The van der Waals surface area contributed by atoms with Crippen LogP contribution in [0, 0.1) is 20.8 Å². The molecule has 0 bridgehead atoms. The Kier molecular flexibility index (Phi) is 5.63.